The summed E-state index contributed by atoms with van der Waals surface area (Å²) in [4.78, 5) is 0. The predicted octanol–water partition coefficient (Wildman–Crippen LogP) is -2.29. The number of fused-ring (bicyclic) bond motifs is 3. The molecular formula is C8H17IN2. The second kappa shape index (κ2) is 3.18. The SMILES string of the molecule is CN1CC2CC[N+]1(C)CC2.[I-]. The second-order valence-corrected chi connectivity index (χ2v) is 4.07. The largest absolute Gasteiger partial charge is 1.00 e. The van der Waals surface area contributed by atoms with E-state index in [0.717, 1.165) is 5.92 Å². The van der Waals surface area contributed by atoms with Gasteiger partial charge >= 0.3 is 0 Å². The van der Waals surface area contributed by atoms with E-state index in [1.54, 1.807) is 0 Å². The fourth-order valence-electron chi connectivity index (χ4n) is 2.27. The van der Waals surface area contributed by atoms with E-state index in [1.165, 1.54) is 37.1 Å². The van der Waals surface area contributed by atoms with Crippen molar-refractivity contribution in [1.29, 1.82) is 0 Å². The molecule has 0 saturated carbocycles. The third-order valence-electron chi connectivity index (χ3n) is 3.38. The minimum Gasteiger partial charge on any atom is -1.00 e. The third kappa shape index (κ3) is 1.55. The molecule has 11 heavy (non-hydrogen) atoms. The Bertz CT molecular complexity index is 141. The molecule has 0 aromatic rings. The average Bonchev–Trinajstić information content (AvgIpc) is 1.92. The second-order valence-electron chi connectivity index (χ2n) is 4.07. The van der Waals surface area contributed by atoms with Crippen LogP contribution in [0.15, 0.2) is 0 Å². The maximum Gasteiger partial charge on any atom is 0.0965 e. The summed E-state index contributed by atoms with van der Waals surface area (Å²) in [5.74, 6) is 1.02. The van der Waals surface area contributed by atoms with Crippen LogP contribution in [-0.4, -0.2) is 43.3 Å². The zero-order valence-electron chi connectivity index (χ0n) is 7.39. The van der Waals surface area contributed by atoms with Crippen molar-refractivity contribution in [3.63, 3.8) is 0 Å². The van der Waals surface area contributed by atoms with Crippen LogP contribution in [0.1, 0.15) is 12.8 Å². The fourth-order valence-corrected chi connectivity index (χ4v) is 2.27. The first-order valence-electron chi connectivity index (χ1n) is 4.27. The third-order valence-corrected chi connectivity index (χ3v) is 3.38. The van der Waals surface area contributed by atoms with E-state index < -0.39 is 0 Å². The van der Waals surface area contributed by atoms with E-state index in [2.05, 4.69) is 19.1 Å². The molecule has 3 heterocycles. The molecule has 0 N–H and O–H groups in total. The number of rotatable bonds is 0. The average molecular weight is 268 g/mol. The zero-order valence-corrected chi connectivity index (χ0v) is 9.54. The quantitative estimate of drug-likeness (QED) is 0.353. The van der Waals surface area contributed by atoms with Gasteiger partial charge in [-0.05, 0) is 5.92 Å². The van der Waals surface area contributed by atoms with Gasteiger partial charge in [0, 0.05) is 19.9 Å². The van der Waals surface area contributed by atoms with Crippen molar-refractivity contribution < 1.29 is 28.6 Å². The van der Waals surface area contributed by atoms with Gasteiger partial charge in [0.05, 0.1) is 26.7 Å². The molecule has 3 rings (SSSR count). The molecule has 0 spiro atoms. The van der Waals surface area contributed by atoms with Gasteiger partial charge in [-0.3, -0.25) is 0 Å². The number of halogens is 1. The molecule has 66 valence electrons. The molecule has 0 radical (unpaired) electrons. The van der Waals surface area contributed by atoms with Gasteiger partial charge in [-0.2, -0.15) is 5.01 Å². The Labute approximate surface area is 86.1 Å². The number of hydrogen-bond acceptors (Lipinski definition) is 1. The van der Waals surface area contributed by atoms with Crippen molar-refractivity contribution in [1.82, 2.24) is 5.01 Å². The van der Waals surface area contributed by atoms with Gasteiger partial charge in [0.1, 0.15) is 0 Å². The standard InChI is InChI=1S/C8H17N2.HI/c1-9-7-8-3-5-10(9,2)6-4-8;/h8H,3-7H2,1-2H3;1H/q+1;/p-1. The summed E-state index contributed by atoms with van der Waals surface area (Å²) in [6, 6.07) is 0. The summed E-state index contributed by atoms with van der Waals surface area (Å²) in [6.45, 7) is 4.08. The molecule has 3 saturated heterocycles. The van der Waals surface area contributed by atoms with Crippen LogP contribution < -0.4 is 24.0 Å². The highest BCUT2D eigenvalue weighted by Gasteiger charge is 2.40. The summed E-state index contributed by atoms with van der Waals surface area (Å²) in [6.07, 6.45) is 2.92. The highest BCUT2D eigenvalue weighted by atomic mass is 127. The smallest absolute Gasteiger partial charge is 0.0965 e. The number of nitrogens with zero attached hydrogens (tertiary/aromatic N) is 2. The van der Waals surface area contributed by atoms with Crippen molar-refractivity contribution in [3.8, 4) is 0 Å². The lowest BCUT2D eigenvalue weighted by atomic mass is 9.93. The van der Waals surface area contributed by atoms with E-state index >= 15 is 0 Å². The Hall–Kier alpha value is 0.650. The Morgan fingerprint density at radius 2 is 1.82 bits per heavy atom. The maximum atomic E-state index is 2.50. The molecular weight excluding hydrogens is 251 g/mol. The van der Waals surface area contributed by atoms with Gasteiger partial charge in [0.15, 0.2) is 0 Å². The van der Waals surface area contributed by atoms with Crippen LogP contribution in [0.5, 0.6) is 0 Å². The number of quaternary nitrogens is 1. The minimum atomic E-state index is 0. The fraction of sp³-hybridized carbons (Fsp3) is 1.00. The Morgan fingerprint density at radius 1 is 1.27 bits per heavy atom. The number of hydrogen-bond donors (Lipinski definition) is 0. The van der Waals surface area contributed by atoms with Crippen molar-refractivity contribution in [2.45, 2.75) is 12.8 Å². The van der Waals surface area contributed by atoms with Crippen LogP contribution in [0.25, 0.3) is 0 Å². The Balaban J connectivity index is 0.000000605. The normalized spacial score (nSPS) is 43.6. The van der Waals surface area contributed by atoms with Crippen LogP contribution in [0.2, 0.25) is 0 Å². The summed E-state index contributed by atoms with van der Waals surface area (Å²) < 4.78 is 1.20. The van der Waals surface area contributed by atoms with Crippen molar-refractivity contribution in [2.24, 2.45) is 5.92 Å². The van der Waals surface area contributed by atoms with Gasteiger partial charge in [-0.25, -0.2) is 4.59 Å². The van der Waals surface area contributed by atoms with Crippen LogP contribution in [0.4, 0.5) is 0 Å². The molecule has 0 aromatic heterocycles. The highest BCUT2D eigenvalue weighted by molar-refractivity contribution is 4.70. The van der Waals surface area contributed by atoms with Crippen molar-refractivity contribution >= 4 is 0 Å². The monoisotopic (exact) mass is 268 g/mol. The molecule has 3 aliphatic rings. The van der Waals surface area contributed by atoms with Gasteiger partial charge in [0.25, 0.3) is 0 Å². The highest BCUT2D eigenvalue weighted by Crippen LogP contribution is 2.30. The lowest BCUT2D eigenvalue weighted by Gasteiger charge is -2.51. The van der Waals surface area contributed by atoms with Gasteiger partial charge < -0.3 is 24.0 Å². The van der Waals surface area contributed by atoms with Crippen LogP contribution in [-0.2, 0) is 0 Å². The van der Waals surface area contributed by atoms with E-state index in [9.17, 15) is 0 Å². The molecule has 0 aliphatic carbocycles. The number of piperidine rings is 1. The van der Waals surface area contributed by atoms with Crippen molar-refractivity contribution in [2.75, 3.05) is 33.7 Å². The molecule has 0 atom stereocenters. The maximum absolute atomic E-state index is 2.50. The molecule has 0 amide bonds. The van der Waals surface area contributed by atoms with Gasteiger partial charge in [0.2, 0.25) is 0 Å². The zero-order chi connectivity index (χ0) is 7.19. The summed E-state index contributed by atoms with van der Waals surface area (Å²) in [7, 11) is 4.61. The molecule has 0 unspecified atom stereocenters. The predicted molar refractivity (Wildman–Crippen MR) is 41.3 cm³/mol. The minimum absolute atomic E-state index is 0. The molecule has 2 bridgehead atoms. The molecule has 2 nitrogen and oxygen atoms in total. The van der Waals surface area contributed by atoms with Gasteiger partial charge in [-0.1, -0.05) is 0 Å². The lowest BCUT2D eigenvalue weighted by Crippen LogP contribution is -3.00. The van der Waals surface area contributed by atoms with E-state index in [-0.39, 0.29) is 24.0 Å². The first-order valence-corrected chi connectivity index (χ1v) is 4.27. The summed E-state index contributed by atoms with van der Waals surface area (Å²) >= 11 is 0. The van der Waals surface area contributed by atoms with Crippen LogP contribution >= 0.6 is 0 Å². The first-order chi connectivity index (χ1) is 4.71. The molecule has 3 fully saturated rings. The topological polar surface area (TPSA) is 3.24 Å². The van der Waals surface area contributed by atoms with Crippen molar-refractivity contribution in [3.05, 3.63) is 0 Å². The Kier molecular flexibility index (Phi) is 2.82. The summed E-state index contributed by atoms with van der Waals surface area (Å²) in [5, 5.41) is 2.50. The molecule has 0 aromatic carbocycles. The van der Waals surface area contributed by atoms with E-state index in [4.69, 9.17) is 0 Å². The van der Waals surface area contributed by atoms with Crippen LogP contribution in [0, 0.1) is 5.92 Å². The Morgan fingerprint density at radius 3 is 2.09 bits per heavy atom. The van der Waals surface area contributed by atoms with Crippen LogP contribution in [0.3, 0.4) is 0 Å². The molecule has 3 heteroatoms. The van der Waals surface area contributed by atoms with E-state index in [1.807, 2.05) is 0 Å². The van der Waals surface area contributed by atoms with E-state index in [0.29, 0.717) is 0 Å². The lowest BCUT2D eigenvalue weighted by molar-refractivity contribution is -1.03. The summed E-state index contributed by atoms with van der Waals surface area (Å²) in [5.41, 5.74) is 0. The first kappa shape index (κ1) is 9.74. The molecule has 3 aliphatic heterocycles. The van der Waals surface area contributed by atoms with Gasteiger partial charge in [-0.15, -0.1) is 0 Å².